The number of nitrogens with two attached hydrogens (primary N) is 1. The first-order valence-electron chi connectivity index (χ1n) is 6.78. The zero-order valence-electron chi connectivity index (χ0n) is 11.2. The van der Waals surface area contributed by atoms with Crippen LogP contribution in [0.1, 0.15) is 51.1 Å². The topological polar surface area (TPSA) is 60.2 Å². The van der Waals surface area contributed by atoms with Gasteiger partial charge in [0.25, 0.3) is 0 Å². The van der Waals surface area contributed by atoms with Crippen LogP contribution in [0.3, 0.4) is 0 Å². The maximum atomic E-state index is 5.72. The van der Waals surface area contributed by atoms with Gasteiger partial charge in [-0.05, 0) is 44.2 Å². The van der Waals surface area contributed by atoms with Gasteiger partial charge in [-0.3, -0.25) is 16.3 Å². The normalized spacial score (nSPS) is 18.2. The van der Waals surface area contributed by atoms with E-state index >= 15 is 0 Å². The number of aromatic nitrogens is 1. The molecule has 0 aromatic carbocycles. The van der Waals surface area contributed by atoms with Crippen molar-refractivity contribution < 1.29 is 4.74 Å². The summed E-state index contributed by atoms with van der Waals surface area (Å²) in [4.78, 5) is 4.26. The number of rotatable bonds is 5. The van der Waals surface area contributed by atoms with Crippen molar-refractivity contribution in [1.82, 2.24) is 10.4 Å². The fourth-order valence-corrected chi connectivity index (χ4v) is 2.74. The van der Waals surface area contributed by atoms with Crippen molar-refractivity contribution in [2.75, 3.05) is 0 Å². The zero-order valence-corrected chi connectivity index (χ0v) is 11.2. The molecule has 4 heteroatoms. The van der Waals surface area contributed by atoms with E-state index in [1.807, 2.05) is 20.0 Å². The van der Waals surface area contributed by atoms with Crippen molar-refractivity contribution in [3.63, 3.8) is 0 Å². The number of ether oxygens (including phenoxy) is 1. The molecule has 18 heavy (non-hydrogen) atoms. The first-order chi connectivity index (χ1) is 8.70. The summed E-state index contributed by atoms with van der Waals surface area (Å²) < 4.78 is 5.68. The highest BCUT2D eigenvalue weighted by Gasteiger charge is 2.25. The second-order valence-corrected chi connectivity index (χ2v) is 5.31. The van der Waals surface area contributed by atoms with Gasteiger partial charge in [0.2, 0.25) is 0 Å². The summed E-state index contributed by atoms with van der Waals surface area (Å²) in [6.07, 6.45) is 8.89. The predicted molar refractivity (Wildman–Crippen MR) is 72.0 cm³/mol. The average molecular weight is 249 g/mol. The Balaban J connectivity index is 2.14. The first-order valence-corrected chi connectivity index (χ1v) is 6.78. The van der Waals surface area contributed by atoms with Gasteiger partial charge >= 0.3 is 0 Å². The Bertz CT molecular complexity index is 375. The van der Waals surface area contributed by atoms with Gasteiger partial charge in [-0.2, -0.15) is 0 Å². The molecule has 0 aliphatic heterocycles. The summed E-state index contributed by atoms with van der Waals surface area (Å²) in [7, 11) is 0. The van der Waals surface area contributed by atoms with Crippen molar-refractivity contribution in [3.8, 4) is 5.75 Å². The average Bonchev–Trinajstić information content (AvgIpc) is 2.83. The summed E-state index contributed by atoms with van der Waals surface area (Å²) in [5.41, 5.74) is 4.07. The SMILES string of the molecule is CC(C)Oc1cncc(C(NN)C2CCCC2)c1. The Labute approximate surface area is 109 Å². The van der Waals surface area contributed by atoms with Crippen LogP contribution in [-0.4, -0.2) is 11.1 Å². The summed E-state index contributed by atoms with van der Waals surface area (Å²) in [6.45, 7) is 4.03. The maximum Gasteiger partial charge on any atom is 0.138 e. The Morgan fingerprint density at radius 1 is 1.33 bits per heavy atom. The third-order valence-corrected chi connectivity index (χ3v) is 3.52. The lowest BCUT2D eigenvalue weighted by Gasteiger charge is -2.23. The van der Waals surface area contributed by atoms with Crippen molar-refractivity contribution in [2.24, 2.45) is 11.8 Å². The minimum Gasteiger partial charge on any atom is -0.489 e. The minimum absolute atomic E-state index is 0.165. The molecule has 0 radical (unpaired) electrons. The second-order valence-electron chi connectivity index (χ2n) is 5.31. The lowest BCUT2D eigenvalue weighted by atomic mass is 9.93. The van der Waals surface area contributed by atoms with E-state index in [2.05, 4.69) is 16.5 Å². The lowest BCUT2D eigenvalue weighted by molar-refractivity contribution is 0.240. The summed E-state index contributed by atoms with van der Waals surface area (Å²) in [5, 5.41) is 0. The van der Waals surface area contributed by atoms with Crippen LogP contribution in [0.25, 0.3) is 0 Å². The van der Waals surface area contributed by atoms with Gasteiger partial charge in [0.1, 0.15) is 5.75 Å². The number of hydrogen-bond donors (Lipinski definition) is 2. The van der Waals surface area contributed by atoms with E-state index in [0.717, 1.165) is 11.3 Å². The molecule has 0 spiro atoms. The number of nitrogens with one attached hydrogen (secondary N) is 1. The van der Waals surface area contributed by atoms with Crippen LogP contribution in [0, 0.1) is 5.92 Å². The molecule has 2 rings (SSSR count). The molecule has 1 fully saturated rings. The molecule has 4 nitrogen and oxygen atoms in total. The molecule has 1 aliphatic rings. The van der Waals surface area contributed by atoms with Crippen LogP contribution in [0.5, 0.6) is 5.75 Å². The van der Waals surface area contributed by atoms with Crippen molar-refractivity contribution in [1.29, 1.82) is 0 Å². The molecule has 1 aromatic rings. The van der Waals surface area contributed by atoms with Gasteiger partial charge in [-0.15, -0.1) is 0 Å². The van der Waals surface area contributed by atoms with Crippen LogP contribution in [0.2, 0.25) is 0 Å². The van der Waals surface area contributed by atoms with E-state index in [1.54, 1.807) is 6.20 Å². The first kappa shape index (κ1) is 13.3. The molecular formula is C14H23N3O. The number of pyridine rings is 1. The molecule has 0 saturated heterocycles. The Hall–Kier alpha value is -1.13. The molecule has 1 aromatic heterocycles. The third kappa shape index (κ3) is 3.21. The minimum atomic E-state index is 0.165. The molecule has 0 bridgehead atoms. The van der Waals surface area contributed by atoms with Crippen molar-refractivity contribution >= 4 is 0 Å². The Morgan fingerprint density at radius 2 is 2.06 bits per heavy atom. The summed E-state index contributed by atoms with van der Waals surface area (Å²) >= 11 is 0. The third-order valence-electron chi connectivity index (χ3n) is 3.52. The second kappa shape index (κ2) is 6.16. The van der Waals surface area contributed by atoms with E-state index in [-0.39, 0.29) is 12.1 Å². The van der Waals surface area contributed by atoms with Crippen LogP contribution in [-0.2, 0) is 0 Å². The van der Waals surface area contributed by atoms with E-state index in [1.165, 1.54) is 25.7 Å². The van der Waals surface area contributed by atoms with Crippen molar-refractivity contribution in [2.45, 2.75) is 51.7 Å². The molecule has 1 aliphatic carbocycles. The van der Waals surface area contributed by atoms with E-state index in [4.69, 9.17) is 10.6 Å². The van der Waals surface area contributed by atoms with E-state index in [9.17, 15) is 0 Å². The molecule has 100 valence electrons. The van der Waals surface area contributed by atoms with Gasteiger partial charge in [0.05, 0.1) is 18.3 Å². The smallest absolute Gasteiger partial charge is 0.138 e. The summed E-state index contributed by atoms with van der Waals surface area (Å²) in [5.74, 6) is 7.15. The highest BCUT2D eigenvalue weighted by atomic mass is 16.5. The van der Waals surface area contributed by atoms with Crippen molar-refractivity contribution in [3.05, 3.63) is 24.0 Å². The van der Waals surface area contributed by atoms with E-state index in [0.29, 0.717) is 5.92 Å². The fourth-order valence-electron chi connectivity index (χ4n) is 2.74. The molecule has 3 N–H and O–H groups in total. The van der Waals surface area contributed by atoms with Gasteiger partial charge in [-0.1, -0.05) is 12.8 Å². The van der Waals surface area contributed by atoms with Crippen LogP contribution in [0.15, 0.2) is 18.5 Å². The monoisotopic (exact) mass is 249 g/mol. The molecular weight excluding hydrogens is 226 g/mol. The van der Waals surface area contributed by atoms with Gasteiger partial charge in [0.15, 0.2) is 0 Å². The van der Waals surface area contributed by atoms with E-state index < -0.39 is 0 Å². The van der Waals surface area contributed by atoms with Gasteiger partial charge in [0, 0.05) is 6.20 Å². The predicted octanol–water partition coefficient (Wildman–Crippen LogP) is 2.56. The quantitative estimate of drug-likeness (QED) is 0.622. The van der Waals surface area contributed by atoms with Crippen LogP contribution in [0.4, 0.5) is 0 Å². The summed E-state index contributed by atoms with van der Waals surface area (Å²) in [6, 6.07) is 2.24. The number of hydrazine groups is 1. The van der Waals surface area contributed by atoms with Gasteiger partial charge in [-0.25, -0.2) is 0 Å². The molecule has 1 atom stereocenters. The highest BCUT2D eigenvalue weighted by Crippen LogP contribution is 2.35. The molecule has 1 unspecified atom stereocenters. The lowest BCUT2D eigenvalue weighted by Crippen LogP contribution is -2.32. The van der Waals surface area contributed by atoms with Gasteiger partial charge < -0.3 is 4.74 Å². The maximum absolute atomic E-state index is 5.72. The Morgan fingerprint density at radius 3 is 2.67 bits per heavy atom. The number of nitrogens with zero attached hydrogens (tertiary/aromatic N) is 1. The highest BCUT2D eigenvalue weighted by molar-refractivity contribution is 5.26. The largest absolute Gasteiger partial charge is 0.489 e. The molecule has 1 heterocycles. The molecule has 0 amide bonds. The van der Waals surface area contributed by atoms with Crippen LogP contribution < -0.4 is 16.0 Å². The number of hydrogen-bond acceptors (Lipinski definition) is 4. The van der Waals surface area contributed by atoms with Crippen LogP contribution >= 0.6 is 0 Å². The Kier molecular flexibility index (Phi) is 4.55. The fraction of sp³-hybridized carbons (Fsp3) is 0.643. The zero-order chi connectivity index (χ0) is 13.0. The molecule has 1 saturated carbocycles. The standard InChI is InChI=1S/C14H23N3O/c1-10(2)18-13-7-12(8-16-9-13)14(17-15)11-5-3-4-6-11/h7-11,14,17H,3-6,15H2,1-2H3.